The molecule has 8 nitrogen and oxygen atoms in total. The lowest BCUT2D eigenvalue weighted by Crippen LogP contribution is -2.52. The van der Waals surface area contributed by atoms with Gasteiger partial charge in [-0.3, -0.25) is 24.3 Å². The smallest absolute Gasteiger partial charge is 0.273 e. The van der Waals surface area contributed by atoms with Crippen LogP contribution >= 0.6 is 0 Å². The number of aromatic amines is 1. The van der Waals surface area contributed by atoms with E-state index >= 15 is 0 Å². The highest BCUT2D eigenvalue weighted by Gasteiger charge is 2.25. The summed E-state index contributed by atoms with van der Waals surface area (Å²) < 4.78 is 14.1. The van der Waals surface area contributed by atoms with Gasteiger partial charge in [-0.15, -0.1) is 0 Å². The Morgan fingerprint density at radius 2 is 1.47 bits per heavy atom. The summed E-state index contributed by atoms with van der Waals surface area (Å²) in [5.41, 5.74) is -0.493. The molecule has 1 N–H and O–H groups in total. The molecule has 1 aliphatic heterocycles. The van der Waals surface area contributed by atoms with Crippen molar-refractivity contribution in [1.29, 1.82) is 0 Å². The standard InChI is InChI=1S/C21H19FN4O4/c22-15-7-5-14(6-8-15)20(29)25-11-9-24(10-12-25)18(27)13-26-21(30)17-4-2-1-3-16(17)19(28)23-26/h1-8H,9-13H2,(H,23,28). The molecule has 0 spiro atoms. The lowest BCUT2D eigenvalue weighted by atomic mass is 10.1. The van der Waals surface area contributed by atoms with Crippen LogP contribution < -0.4 is 11.1 Å². The zero-order chi connectivity index (χ0) is 21.3. The molecule has 154 valence electrons. The minimum atomic E-state index is -0.441. The maximum atomic E-state index is 13.0. The molecule has 1 saturated heterocycles. The van der Waals surface area contributed by atoms with Crippen LogP contribution in [0.1, 0.15) is 10.4 Å². The first-order valence-corrected chi connectivity index (χ1v) is 9.48. The molecule has 0 radical (unpaired) electrons. The third-order valence-electron chi connectivity index (χ3n) is 5.19. The van der Waals surface area contributed by atoms with Crippen molar-refractivity contribution in [3.05, 3.63) is 80.6 Å². The van der Waals surface area contributed by atoms with E-state index in [2.05, 4.69) is 5.10 Å². The molecule has 0 unspecified atom stereocenters. The average molecular weight is 410 g/mol. The minimum Gasteiger partial charge on any atom is -0.338 e. The van der Waals surface area contributed by atoms with Crippen LogP contribution in [0.15, 0.2) is 58.1 Å². The fraction of sp³-hybridized carbons (Fsp3) is 0.238. The first-order chi connectivity index (χ1) is 14.4. The predicted octanol–water partition coefficient (Wildman–Crippen LogP) is 0.813. The molecular weight excluding hydrogens is 391 g/mol. The summed E-state index contributed by atoms with van der Waals surface area (Å²) in [6, 6.07) is 11.7. The van der Waals surface area contributed by atoms with Gasteiger partial charge < -0.3 is 9.80 Å². The maximum absolute atomic E-state index is 13.0. The molecule has 3 aromatic rings. The second-order valence-corrected chi connectivity index (χ2v) is 7.06. The van der Waals surface area contributed by atoms with E-state index in [0.29, 0.717) is 31.7 Å². The minimum absolute atomic E-state index is 0.225. The quantitative estimate of drug-likeness (QED) is 0.691. The SMILES string of the molecule is O=C(Cn1[nH]c(=O)c2ccccc2c1=O)N1CCN(C(=O)c2ccc(F)cc2)CC1. The Labute approximate surface area is 170 Å². The molecule has 1 aromatic heterocycles. The van der Waals surface area contributed by atoms with Gasteiger partial charge in [0.2, 0.25) is 5.91 Å². The number of fused-ring (bicyclic) bond motifs is 1. The van der Waals surface area contributed by atoms with E-state index in [1.54, 1.807) is 34.1 Å². The molecule has 0 saturated carbocycles. The number of benzene rings is 2. The van der Waals surface area contributed by atoms with Gasteiger partial charge in [-0.1, -0.05) is 12.1 Å². The zero-order valence-corrected chi connectivity index (χ0v) is 16.0. The maximum Gasteiger partial charge on any atom is 0.273 e. The number of nitrogens with one attached hydrogen (secondary N) is 1. The number of carbonyl (C=O) groups excluding carboxylic acids is 2. The first kappa shape index (κ1) is 19.6. The van der Waals surface area contributed by atoms with Crippen molar-refractivity contribution < 1.29 is 14.0 Å². The third-order valence-corrected chi connectivity index (χ3v) is 5.19. The molecule has 2 aromatic carbocycles. The molecule has 0 bridgehead atoms. The summed E-state index contributed by atoms with van der Waals surface area (Å²) in [5, 5.41) is 2.98. The van der Waals surface area contributed by atoms with Crippen LogP contribution in [0, 0.1) is 5.82 Å². The third kappa shape index (κ3) is 3.73. The van der Waals surface area contributed by atoms with Gasteiger partial charge in [0, 0.05) is 31.7 Å². The van der Waals surface area contributed by atoms with Crippen molar-refractivity contribution in [2.75, 3.05) is 26.2 Å². The van der Waals surface area contributed by atoms with Crippen LogP contribution in [0.25, 0.3) is 10.8 Å². The van der Waals surface area contributed by atoms with Gasteiger partial charge in [0.05, 0.1) is 10.8 Å². The number of H-pyrrole nitrogens is 1. The molecular formula is C21H19FN4O4. The van der Waals surface area contributed by atoms with Crippen LogP contribution in [-0.2, 0) is 11.3 Å². The summed E-state index contributed by atoms with van der Waals surface area (Å²) in [6.07, 6.45) is 0. The average Bonchev–Trinajstić information content (AvgIpc) is 2.77. The number of piperazine rings is 1. The number of aromatic nitrogens is 2. The molecule has 0 atom stereocenters. The van der Waals surface area contributed by atoms with Crippen molar-refractivity contribution in [1.82, 2.24) is 19.6 Å². The molecule has 2 heterocycles. The number of amides is 2. The Morgan fingerprint density at radius 3 is 2.13 bits per heavy atom. The van der Waals surface area contributed by atoms with E-state index in [1.807, 2.05) is 0 Å². The Hall–Kier alpha value is -3.75. The Morgan fingerprint density at radius 1 is 0.867 bits per heavy atom. The second kappa shape index (κ2) is 7.94. The van der Waals surface area contributed by atoms with Gasteiger partial charge in [-0.25, -0.2) is 9.07 Å². The summed E-state index contributed by atoms with van der Waals surface area (Å²) in [6.45, 7) is 0.970. The van der Waals surface area contributed by atoms with Crippen LogP contribution in [0.2, 0.25) is 0 Å². The van der Waals surface area contributed by atoms with E-state index in [-0.39, 0.29) is 29.1 Å². The van der Waals surface area contributed by atoms with Crippen molar-refractivity contribution in [2.24, 2.45) is 0 Å². The van der Waals surface area contributed by atoms with Crippen LogP contribution in [-0.4, -0.2) is 57.6 Å². The highest BCUT2D eigenvalue weighted by Crippen LogP contribution is 2.10. The van der Waals surface area contributed by atoms with Crippen molar-refractivity contribution in [3.8, 4) is 0 Å². The highest BCUT2D eigenvalue weighted by molar-refractivity contribution is 5.94. The fourth-order valence-electron chi connectivity index (χ4n) is 3.53. The first-order valence-electron chi connectivity index (χ1n) is 9.48. The van der Waals surface area contributed by atoms with Crippen LogP contribution in [0.4, 0.5) is 4.39 Å². The fourth-order valence-corrected chi connectivity index (χ4v) is 3.53. The number of halogens is 1. The number of hydrogen-bond acceptors (Lipinski definition) is 4. The molecule has 30 heavy (non-hydrogen) atoms. The van der Waals surface area contributed by atoms with Crippen molar-refractivity contribution in [3.63, 3.8) is 0 Å². The molecule has 2 amide bonds. The Balaban J connectivity index is 1.43. The van der Waals surface area contributed by atoms with E-state index in [1.165, 1.54) is 24.3 Å². The normalized spacial score (nSPS) is 14.2. The molecule has 0 aliphatic carbocycles. The van der Waals surface area contributed by atoms with Crippen molar-refractivity contribution in [2.45, 2.75) is 6.54 Å². The number of hydrogen-bond donors (Lipinski definition) is 1. The molecule has 1 aliphatic rings. The van der Waals surface area contributed by atoms with Crippen molar-refractivity contribution >= 4 is 22.6 Å². The summed E-state index contributed by atoms with van der Waals surface area (Å²) in [5.74, 6) is -0.960. The predicted molar refractivity (Wildman–Crippen MR) is 108 cm³/mol. The summed E-state index contributed by atoms with van der Waals surface area (Å²) in [4.78, 5) is 53.0. The van der Waals surface area contributed by atoms with Gasteiger partial charge in [0.1, 0.15) is 12.4 Å². The molecule has 1 fully saturated rings. The monoisotopic (exact) mass is 410 g/mol. The Bertz CT molecular complexity index is 1220. The largest absolute Gasteiger partial charge is 0.338 e. The molecule has 9 heteroatoms. The summed E-state index contributed by atoms with van der Waals surface area (Å²) >= 11 is 0. The van der Waals surface area contributed by atoms with E-state index in [9.17, 15) is 23.6 Å². The highest BCUT2D eigenvalue weighted by atomic mass is 19.1. The van der Waals surface area contributed by atoms with Crippen LogP contribution in [0.3, 0.4) is 0 Å². The van der Waals surface area contributed by atoms with Gasteiger partial charge in [-0.2, -0.15) is 0 Å². The lowest BCUT2D eigenvalue weighted by molar-refractivity contribution is -0.133. The number of nitrogens with zero attached hydrogens (tertiary/aromatic N) is 3. The number of rotatable bonds is 3. The van der Waals surface area contributed by atoms with Gasteiger partial charge in [0.15, 0.2) is 0 Å². The van der Waals surface area contributed by atoms with E-state index in [4.69, 9.17) is 0 Å². The topological polar surface area (TPSA) is 95.5 Å². The number of carbonyl (C=O) groups is 2. The lowest BCUT2D eigenvalue weighted by Gasteiger charge is -2.34. The Kier molecular flexibility index (Phi) is 5.18. The molecule has 4 rings (SSSR count). The van der Waals surface area contributed by atoms with E-state index in [0.717, 1.165) is 4.68 Å². The summed E-state index contributed by atoms with van der Waals surface area (Å²) in [7, 11) is 0. The van der Waals surface area contributed by atoms with Crippen LogP contribution in [0.5, 0.6) is 0 Å². The zero-order valence-electron chi connectivity index (χ0n) is 16.0. The van der Waals surface area contributed by atoms with Gasteiger partial charge in [-0.05, 0) is 36.4 Å². The van der Waals surface area contributed by atoms with E-state index < -0.39 is 16.9 Å². The van der Waals surface area contributed by atoms with Gasteiger partial charge in [0.25, 0.3) is 17.0 Å². The second-order valence-electron chi connectivity index (χ2n) is 7.06. The van der Waals surface area contributed by atoms with Gasteiger partial charge >= 0.3 is 0 Å².